The first-order chi connectivity index (χ1) is 20.3. The van der Waals surface area contributed by atoms with E-state index in [9.17, 15) is 19.3 Å². The number of nitrogens with one attached hydrogen (secondary N) is 2. The Kier molecular flexibility index (Phi) is 10.1. The first-order valence-electron chi connectivity index (χ1n) is 13.8. The smallest absolute Gasteiger partial charge is 0.459 e. The number of halogens is 1. The highest BCUT2D eigenvalue weighted by atomic mass is 31.2. The van der Waals surface area contributed by atoms with Gasteiger partial charge in [0.05, 0.1) is 12.7 Å². The predicted octanol–water partition coefficient (Wildman–Crippen LogP) is 3.94. The van der Waals surface area contributed by atoms with Gasteiger partial charge in [-0.05, 0) is 44.9 Å². The standard InChI is InChI=1S/C30H37FN3O8P/c1-19(2)40-28(37)20(3)33-43(38,42-24-14-10-9-13-23(24)17-22-11-7-6-8-12-22)39-18-25-27(36)30(5,31)29(41-25)34-16-15-26(35)32-21(34)4/h6-16,19-20,25,27,29,36H,4,17-18H2,1-3,5H3,(H,32,35)(H,33,38)/t20-,25+,27+,29+,30+,43?/m0/s1. The molecule has 1 amide bonds. The molecular weight excluding hydrogens is 580 g/mol. The van der Waals surface area contributed by atoms with Crippen molar-refractivity contribution in [3.8, 4) is 5.75 Å². The van der Waals surface area contributed by atoms with Crippen LogP contribution in [-0.2, 0) is 34.6 Å². The molecule has 0 saturated carbocycles. The molecule has 13 heteroatoms. The first-order valence-corrected chi connectivity index (χ1v) is 15.4. The molecule has 2 aliphatic heterocycles. The second-order valence-corrected chi connectivity index (χ2v) is 12.5. The Balaban J connectivity index is 1.56. The van der Waals surface area contributed by atoms with Crippen LogP contribution in [0.4, 0.5) is 4.39 Å². The fraction of sp³-hybridized carbons (Fsp3) is 0.400. The Labute approximate surface area is 250 Å². The van der Waals surface area contributed by atoms with Gasteiger partial charge in [0.1, 0.15) is 29.8 Å². The van der Waals surface area contributed by atoms with E-state index in [1.165, 1.54) is 24.1 Å². The summed E-state index contributed by atoms with van der Waals surface area (Å²) >= 11 is 0. The summed E-state index contributed by atoms with van der Waals surface area (Å²) in [6.45, 7) is 9.07. The molecule has 2 aliphatic rings. The average Bonchev–Trinajstić information content (AvgIpc) is 3.16. The van der Waals surface area contributed by atoms with Crippen molar-refractivity contribution in [2.45, 2.75) is 70.4 Å². The van der Waals surface area contributed by atoms with Gasteiger partial charge in [-0.2, -0.15) is 5.09 Å². The van der Waals surface area contributed by atoms with Crippen molar-refractivity contribution in [1.29, 1.82) is 0 Å². The second-order valence-electron chi connectivity index (χ2n) is 10.8. The highest BCUT2D eigenvalue weighted by molar-refractivity contribution is 7.52. The molecule has 43 heavy (non-hydrogen) atoms. The van der Waals surface area contributed by atoms with E-state index >= 15 is 4.39 Å². The summed E-state index contributed by atoms with van der Waals surface area (Å²) in [7, 11) is -4.39. The summed E-state index contributed by atoms with van der Waals surface area (Å²) in [5.41, 5.74) is -0.669. The first kappa shape index (κ1) is 32.4. The number of hydrogen-bond donors (Lipinski definition) is 3. The summed E-state index contributed by atoms with van der Waals surface area (Å²) in [5.74, 6) is -0.843. The molecule has 3 N–H and O–H groups in total. The fourth-order valence-corrected chi connectivity index (χ4v) is 6.17. The lowest BCUT2D eigenvalue weighted by molar-refractivity contribution is -0.149. The van der Waals surface area contributed by atoms with Crippen molar-refractivity contribution < 1.29 is 42.2 Å². The normalized spacial score (nSPS) is 25.7. The zero-order valence-electron chi connectivity index (χ0n) is 24.4. The van der Waals surface area contributed by atoms with E-state index in [0.717, 1.165) is 12.5 Å². The molecule has 0 aliphatic carbocycles. The zero-order chi connectivity index (χ0) is 31.4. The molecule has 2 aromatic rings. The summed E-state index contributed by atoms with van der Waals surface area (Å²) in [5, 5.41) is 15.9. The number of nitrogens with zero attached hydrogens (tertiary/aromatic N) is 1. The van der Waals surface area contributed by atoms with Gasteiger partial charge >= 0.3 is 13.7 Å². The number of para-hydroxylation sites is 1. The molecule has 4 rings (SSSR count). The van der Waals surface area contributed by atoms with Gasteiger partial charge in [0.2, 0.25) is 0 Å². The van der Waals surface area contributed by atoms with Crippen molar-refractivity contribution in [1.82, 2.24) is 15.3 Å². The molecule has 6 atom stereocenters. The van der Waals surface area contributed by atoms with E-state index in [0.29, 0.717) is 12.0 Å². The number of amides is 1. The molecule has 0 aromatic heterocycles. The zero-order valence-corrected chi connectivity index (χ0v) is 25.3. The van der Waals surface area contributed by atoms with Crippen molar-refractivity contribution in [2.24, 2.45) is 0 Å². The molecule has 1 unspecified atom stereocenters. The number of esters is 1. The molecule has 1 fully saturated rings. The van der Waals surface area contributed by atoms with Crippen LogP contribution in [0.2, 0.25) is 0 Å². The lowest BCUT2D eigenvalue weighted by Crippen LogP contribution is -2.51. The molecular formula is C30H37FN3O8P. The van der Waals surface area contributed by atoms with Gasteiger partial charge in [-0.15, -0.1) is 0 Å². The van der Waals surface area contributed by atoms with Gasteiger partial charge in [-0.1, -0.05) is 55.1 Å². The summed E-state index contributed by atoms with van der Waals surface area (Å²) in [4.78, 5) is 25.5. The van der Waals surface area contributed by atoms with E-state index in [1.54, 1.807) is 26.0 Å². The van der Waals surface area contributed by atoms with Crippen LogP contribution in [0.5, 0.6) is 5.75 Å². The monoisotopic (exact) mass is 617 g/mol. The van der Waals surface area contributed by atoms with Crippen molar-refractivity contribution in [3.63, 3.8) is 0 Å². The highest BCUT2D eigenvalue weighted by Crippen LogP contribution is 2.48. The SMILES string of the molecule is C=C1NC(=O)C=CN1[C@@H]1O[C@H](COP(=O)(N[C@@H](C)C(=O)OC(C)C)Oc2ccccc2Cc2ccccc2)[C@@H](O)[C@@]1(C)F. The van der Waals surface area contributed by atoms with Gasteiger partial charge in [0.15, 0.2) is 11.9 Å². The minimum atomic E-state index is -4.39. The van der Waals surface area contributed by atoms with E-state index in [4.69, 9.17) is 18.5 Å². The van der Waals surface area contributed by atoms with Crippen LogP contribution in [0.15, 0.2) is 79.3 Å². The third-order valence-corrected chi connectivity index (χ3v) is 8.46. The van der Waals surface area contributed by atoms with E-state index < -0.39 is 62.5 Å². The Morgan fingerprint density at radius 1 is 1.21 bits per heavy atom. The van der Waals surface area contributed by atoms with Gasteiger partial charge in [-0.25, -0.2) is 8.96 Å². The van der Waals surface area contributed by atoms with Crippen LogP contribution in [0.25, 0.3) is 0 Å². The highest BCUT2D eigenvalue weighted by Gasteiger charge is 2.57. The Bertz CT molecular complexity index is 1400. The number of alkyl halides is 1. The van der Waals surface area contributed by atoms with Gasteiger partial charge in [0, 0.05) is 18.7 Å². The largest absolute Gasteiger partial charge is 0.462 e. The topological polar surface area (TPSA) is 136 Å². The number of carbonyl (C=O) groups is 2. The van der Waals surface area contributed by atoms with Crippen LogP contribution >= 0.6 is 7.75 Å². The summed E-state index contributed by atoms with van der Waals surface area (Å²) in [6.07, 6.45) is -1.93. The number of ether oxygens (including phenoxy) is 2. The molecule has 0 radical (unpaired) electrons. The fourth-order valence-electron chi connectivity index (χ4n) is 4.63. The molecule has 0 spiro atoms. The van der Waals surface area contributed by atoms with E-state index in [1.807, 2.05) is 42.5 Å². The lowest BCUT2D eigenvalue weighted by atomic mass is 9.98. The molecule has 0 bridgehead atoms. The number of aliphatic hydroxyl groups excluding tert-OH is 1. The molecule has 2 heterocycles. The van der Waals surface area contributed by atoms with Gasteiger partial charge in [0.25, 0.3) is 5.91 Å². The van der Waals surface area contributed by atoms with Crippen molar-refractivity contribution in [2.75, 3.05) is 6.61 Å². The van der Waals surface area contributed by atoms with Crippen molar-refractivity contribution >= 4 is 19.6 Å². The van der Waals surface area contributed by atoms with Crippen LogP contribution in [0, 0.1) is 0 Å². The number of rotatable bonds is 12. The quantitative estimate of drug-likeness (QED) is 0.237. The number of aliphatic hydroxyl groups is 1. The van der Waals surface area contributed by atoms with Crippen LogP contribution in [-0.4, -0.2) is 64.7 Å². The minimum Gasteiger partial charge on any atom is -0.462 e. The molecule has 2 aromatic carbocycles. The molecule has 232 valence electrons. The maximum atomic E-state index is 15.8. The second kappa shape index (κ2) is 13.4. The third-order valence-electron chi connectivity index (χ3n) is 6.83. The third kappa shape index (κ3) is 7.90. The van der Waals surface area contributed by atoms with Crippen LogP contribution in [0.3, 0.4) is 0 Å². The van der Waals surface area contributed by atoms with Gasteiger partial charge < -0.3 is 29.3 Å². The Morgan fingerprint density at radius 3 is 2.56 bits per heavy atom. The van der Waals surface area contributed by atoms with Crippen LogP contribution < -0.4 is 14.9 Å². The lowest BCUT2D eigenvalue weighted by Gasteiger charge is -2.35. The Morgan fingerprint density at radius 2 is 1.88 bits per heavy atom. The number of hydrogen-bond acceptors (Lipinski definition) is 9. The Hall–Kier alpha value is -3.54. The van der Waals surface area contributed by atoms with Gasteiger partial charge in [-0.3, -0.25) is 14.1 Å². The summed E-state index contributed by atoms with van der Waals surface area (Å²) < 4.78 is 52.7. The minimum absolute atomic E-state index is 0.0540. The van der Waals surface area contributed by atoms with E-state index in [-0.39, 0.29) is 11.6 Å². The maximum absolute atomic E-state index is 15.8. The maximum Gasteiger partial charge on any atom is 0.459 e. The summed E-state index contributed by atoms with van der Waals surface area (Å²) in [6, 6.07) is 15.4. The van der Waals surface area contributed by atoms with E-state index in [2.05, 4.69) is 17.0 Å². The molecule has 11 nitrogen and oxygen atoms in total. The molecule has 1 saturated heterocycles. The number of benzene rings is 2. The van der Waals surface area contributed by atoms with Crippen molar-refractivity contribution in [3.05, 3.63) is 90.4 Å². The number of carbonyl (C=O) groups excluding carboxylic acids is 2. The average molecular weight is 618 g/mol. The van der Waals surface area contributed by atoms with Crippen LogP contribution in [0.1, 0.15) is 38.8 Å². The predicted molar refractivity (Wildman–Crippen MR) is 156 cm³/mol.